The number of anilines is 1. The Morgan fingerprint density at radius 3 is 2.61 bits per heavy atom. The lowest BCUT2D eigenvalue weighted by Crippen LogP contribution is -2.13. The molecule has 0 aromatic heterocycles. The molecule has 5 heteroatoms. The molecule has 0 saturated heterocycles. The van der Waals surface area contributed by atoms with Gasteiger partial charge in [0.15, 0.2) is 0 Å². The van der Waals surface area contributed by atoms with E-state index in [1.165, 1.54) is 12.1 Å². The van der Waals surface area contributed by atoms with Crippen LogP contribution in [0.15, 0.2) is 46.9 Å². The molecule has 2 rings (SSSR count). The van der Waals surface area contributed by atoms with Gasteiger partial charge in [-0.15, -0.1) is 0 Å². The minimum atomic E-state index is -0.509. The Bertz CT molecular complexity index is 603. The van der Waals surface area contributed by atoms with E-state index in [0.29, 0.717) is 15.1 Å². The number of carbonyl (C=O) groups is 1. The van der Waals surface area contributed by atoms with Crippen molar-refractivity contribution in [2.75, 3.05) is 5.32 Å². The normalized spacial score (nSPS) is 10.2. The van der Waals surface area contributed by atoms with Crippen molar-refractivity contribution in [2.45, 2.75) is 0 Å². The topological polar surface area (TPSA) is 29.1 Å². The Morgan fingerprint density at radius 2 is 1.94 bits per heavy atom. The molecule has 18 heavy (non-hydrogen) atoms. The Labute approximate surface area is 117 Å². The fourth-order valence-corrected chi connectivity index (χ4v) is 1.98. The molecule has 0 radical (unpaired) electrons. The predicted molar refractivity (Wildman–Crippen MR) is 73.5 cm³/mol. The van der Waals surface area contributed by atoms with Crippen LogP contribution in [0.1, 0.15) is 10.4 Å². The van der Waals surface area contributed by atoms with Gasteiger partial charge in [-0.25, -0.2) is 4.39 Å². The van der Waals surface area contributed by atoms with Gasteiger partial charge in [0.05, 0.1) is 16.3 Å². The first kappa shape index (κ1) is 13.1. The highest BCUT2D eigenvalue weighted by atomic mass is 79.9. The van der Waals surface area contributed by atoms with Crippen LogP contribution in [0.25, 0.3) is 0 Å². The van der Waals surface area contributed by atoms with Crippen molar-refractivity contribution in [3.63, 3.8) is 0 Å². The molecule has 0 saturated carbocycles. The first-order valence-corrected chi connectivity index (χ1v) is 6.26. The fourth-order valence-electron chi connectivity index (χ4n) is 1.43. The number of carbonyl (C=O) groups excluding carboxylic acids is 1. The summed E-state index contributed by atoms with van der Waals surface area (Å²) in [6, 6.07) is 11.0. The second-order valence-electron chi connectivity index (χ2n) is 3.56. The number of nitrogens with one attached hydrogen (secondary N) is 1. The Kier molecular flexibility index (Phi) is 3.99. The highest BCUT2D eigenvalue weighted by Gasteiger charge is 2.12. The summed E-state index contributed by atoms with van der Waals surface area (Å²) >= 11 is 9.03. The van der Waals surface area contributed by atoms with E-state index in [2.05, 4.69) is 21.2 Å². The van der Waals surface area contributed by atoms with E-state index in [4.69, 9.17) is 11.6 Å². The molecule has 1 N–H and O–H groups in total. The van der Waals surface area contributed by atoms with Crippen LogP contribution in [0.2, 0.25) is 5.02 Å². The average Bonchev–Trinajstić information content (AvgIpc) is 2.33. The molecule has 2 aromatic rings. The summed E-state index contributed by atoms with van der Waals surface area (Å²) in [5.74, 6) is -0.952. The molecule has 0 aliphatic heterocycles. The number of hydrogen-bond acceptors (Lipinski definition) is 1. The number of halogens is 3. The van der Waals surface area contributed by atoms with Crippen LogP contribution in [-0.4, -0.2) is 5.91 Å². The van der Waals surface area contributed by atoms with Crippen LogP contribution in [0.3, 0.4) is 0 Å². The Hall–Kier alpha value is -1.39. The third-order valence-electron chi connectivity index (χ3n) is 2.30. The van der Waals surface area contributed by atoms with Gasteiger partial charge in [-0.05, 0) is 30.3 Å². The van der Waals surface area contributed by atoms with Crippen LogP contribution >= 0.6 is 27.5 Å². The molecular formula is C13H8BrClFNO. The molecule has 2 aromatic carbocycles. The molecule has 2 nitrogen and oxygen atoms in total. The molecule has 1 amide bonds. The van der Waals surface area contributed by atoms with Crippen molar-refractivity contribution in [3.05, 3.63) is 63.3 Å². The van der Waals surface area contributed by atoms with Crippen molar-refractivity contribution in [1.29, 1.82) is 0 Å². The molecule has 0 atom stereocenters. The van der Waals surface area contributed by atoms with E-state index >= 15 is 0 Å². The lowest BCUT2D eigenvalue weighted by atomic mass is 10.2. The van der Waals surface area contributed by atoms with Gasteiger partial charge in [0.25, 0.3) is 5.91 Å². The monoisotopic (exact) mass is 327 g/mol. The first-order valence-electron chi connectivity index (χ1n) is 5.09. The third kappa shape index (κ3) is 2.89. The minimum Gasteiger partial charge on any atom is -0.319 e. The van der Waals surface area contributed by atoms with Gasteiger partial charge in [0, 0.05) is 4.47 Å². The number of amides is 1. The summed E-state index contributed by atoms with van der Waals surface area (Å²) in [6.45, 7) is 0. The van der Waals surface area contributed by atoms with E-state index in [1.54, 1.807) is 30.3 Å². The van der Waals surface area contributed by atoms with Gasteiger partial charge >= 0.3 is 0 Å². The van der Waals surface area contributed by atoms with E-state index in [-0.39, 0.29) is 5.69 Å². The van der Waals surface area contributed by atoms with Crippen molar-refractivity contribution in [1.82, 2.24) is 0 Å². The van der Waals surface area contributed by atoms with Crippen LogP contribution in [0.4, 0.5) is 10.1 Å². The van der Waals surface area contributed by atoms with Crippen LogP contribution in [0, 0.1) is 5.82 Å². The molecule has 0 spiro atoms. The van der Waals surface area contributed by atoms with Gasteiger partial charge in [-0.1, -0.05) is 39.7 Å². The molecule has 0 heterocycles. The van der Waals surface area contributed by atoms with Crippen molar-refractivity contribution < 1.29 is 9.18 Å². The predicted octanol–water partition coefficient (Wildman–Crippen LogP) is 4.49. The summed E-state index contributed by atoms with van der Waals surface area (Å²) in [5, 5.41) is 2.80. The number of rotatable bonds is 2. The molecule has 0 fully saturated rings. The molecular weight excluding hydrogens is 321 g/mol. The summed E-state index contributed by atoms with van der Waals surface area (Å²) in [4.78, 5) is 11.9. The molecule has 0 aliphatic rings. The van der Waals surface area contributed by atoms with Gasteiger partial charge in [-0.2, -0.15) is 0 Å². The maximum absolute atomic E-state index is 13.5. The summed E-state index contributed by atoms with van der Waals surface area (Å²) in [6.07, 6.45) is 0. The summed E-state index contributed by atoms with van der Waals surface area (Å²) in [5.41, 5.74) is 0.421. The van der Waals surface area contributed by atoms with Gasteiger partial charge in [-0.3, -0.25) is 4.79 Å². The lowest BCUT2D eigenvalue weighted by Gasteiger charge is -2.07. The van der Waals surface area contributed by atoms with Crippen LogP contribution in [0.5, 0.6) is 0 Å². The zero-order valence-corrected chi connectivity index (χ0v) is 11.4. The minimum absolute atomic E-state index is 0.114. The average molecular weight is 329 g/mol. The highest BCUT2D eigenvalue weighted by Crippen LogP contribution is 2.21. The van der Waals surface area contributed by atoms with Gasteiger partial charge < -0.3 is 5.32 Å². The van der Waals surface area contributed by atoms with E-state index < -0.39 is 11.7 Å². The van der Waals surface area contributed by atoms with E-state index in [0.717, 1.165) is 0 Å². The van der Waals surface area contributed by atoms with Crippen LogP contribution < -0.4 is 5.32 Å². The smallest absolute Gasteiger partial charge is 0.257 e. The lowest BCUT2D eigenvalue weighted by molar-refractivity contribution is 0.102. The van der Waals surface area contributed by atoms with E-state index in [9.17, 15) is 9.18 Å². The molecule has 92 valence electrons. The Morgan fingerprint density at radius 1 is 1.22 bits per heavy atom. The SMILES string of the molecule is O=C(Nc1ccc(Br)cc1F)c1ccccc1Cl. The van der Waals surface area contributed by atoms with Crippen molar-refractivity contribution in [3.8, 4) is 0 Å². The number of hydrogen-bond donors (Lipinski definition) is 1. The van der Waals surface area contributed by atoms with Crippen LogP contribution in [-0.2, 0) is 0 Å². The van der Waals surface area contributed by atoms with Gasteiger partial charge in [0.1, 0.15) is 5.82 Å². The van der Waals surface area contributed by atoms with Crippen molar-refractivity contribution >= 4 is 39.1 Å². The van der Waals surface area contributed by atoms with Gasteiger partial charge in [0.2, 0.25) is 0 Å². The van der Waals surface area contributed by atoms with Crippen molar-refractivity contribution in [2.24, 2.45) is 0 Å². The number of benzene rings is 2. The maximum atomic E-state index is 13.5. The fraction of sp³-hybridized carbons (Fsp3) is 0. The second-order valence-corrected chi connectivity index (χ2v) is 4.88. The van der Waals surface area contributed by atoms with E-state index in [1.807, 2.05) is 0 Å². The summed E-state index contributed by atoms with van der Waals surface area (Å²) in [7, 11) is 0. The molecule has 0 bridgehead atoms. The second kappa shape index (κ2) is 5.50. The molecule has 0 aliphatic carbocycles. The highest BCUT2D eigenvalue weighted by molar-refractivity contribution is 9.10. The maximum Gasteiger partial charge on any atom is 0.257 e. The Balaban J connectivity index is 2.24. The molecule has 0 unspecified atom stereocenters. The first-order chi connectivity index (χ1) is 8.58. The largest absolute Gasteiger partial charge is 0.319 e. The summed E-state index contributed by atoms with van der Waals surface area (Å²) < 4.78 is 14.2. The third-order valence-corrected chi connectivity index (χ3v) is 3.12. The standard InChI is InChI=1S/C13H8BrClFNO/c14-8-5-6-12(11(16)7-8)17-13(18)9-3-1-2-4-10(9)15/h1-7H,(H,17,18). The quantitative estimate of drug-likeness (QED) is 0.864. The zero-order chi connectivity index (χ0) is 13.1. The zero-order valence-electron chi connectivity index (χ0n) is 9.08.